The van der Waals surface area contributed by atoms with Crippen molar-refractivity contribution in [1.29, 1.82) is 5.26 Å². The molecular weight excluding hydrogens is 420 g/mol. The SMILES string of the molecule is Cc1cc(CNC(=O)[C@@H](NC(=O)c2nn(CCCCC#N)c3ccccc23)C(C)(C)C)no1. The van der Waals surface area contributed by atoms with Gasteiger partial charge in [0, 0.05) is 24.4 Å². The average molecular weight is 451 g/mol. The number of unbranched alkanes of at least 4 members (excludes halogenated alkanes) is 2. The van der Waals surface area contributed by atoms with Crippen molar-refractivity contribution in [3.8, 4) is 6.07 Å². The van der Waals surface area contributed by atoms with Crippen molar-refractivity contribution >= 4 is 22.7 Å². The van der Waals surface area contributed by atoms with Crippen LogP contribution in [0.2, 0.25) is 0 Å². The van der Waals surface area contributed by atoms with E-state index in [0.29, 0.717) is 24.4 Å². The number of para-hydroxylation sites is 1. The maximum Gasteiger partial charge on any atom is 0.273 e. The maximum atomic E-state index is 13.3. The van der Waals surface area contributed by atoms with Gasteiger partial charge in [0.25, 0.3) is 5.91 Å². The summed E-state index contributed by atoms with van der Waals surface area (Å²) in [5.41, 5.74) is 1.20. The van der Waals surface area contributed by atoms with Gasteiger partial charge >= 0.3 is 0 Å². The molecule has 0 unspecified atom stereocenters. The number of aromatic nitrogens is 3. The first-order valence-corrected chi connectivity index (χ1v) is 11.0. The van der Waals surface area contributed by atoms with Crippen LogP contribution in [0.3, 0.4) is 0 Å². The summed E-state index contributed by atoms with van der Waals surface area (Å²) in [6.07, 6.45) is 2.04. The van der Waals surface area contributed by atoms with E-state index in [9.17, 15) is 9.59 Å². The molecule has 0 fully saturated rings. The molecule has 2 N–H and O–H groups in total. The number of amides is 2. The predicted octanol–water partition coefficient (Wildman–Crippen LogP) is 3.49. The number of hydrogen-bond donors (Lipinski definition) is 2. The third-order valence-electron chi connectivity index (χ3n) is 5.31. The van der Waals surface area contributed by atoms with Crippen molar-refractivity contribution in [2.24, 2.45) is 5.41 Å². The molecule has 0 aliphatic carbocycles. The van der Waals surface area contributed by atoms with Crippen LogP contribution in [0.1, 0.15) is 62.0 Å². The van der Waals surface area contributed by atoms with E-state index in [1.807, 2.05) is 45.0 Å². The molecule has 1 atom stereocenters. The molecule has 9 heteroatoms. The van der Waals surface area contributed by atoms with E-state index in [2.05, 4.69) is 27.0 Å². The fraction of sp³-hybridized carbons (Fsp3) is 0.458. The molecule has 3 aromatic rings. The Hall–Kier alpha value is -3.67. The summed E-state index contributed by atoms with van der Waals surface area (Å²) in [6, 6.07) is 10.6. The highest BCUT2D eigenvalue weighted by atomic mass is 16.5. The second-order valence-electron chi connectivity index (χ2n) is 9.12. The van der Waals surface area contributed by atoms with Crippen LogP contribution in [-0.4, -0.2) is 32.8 Å². The molecule has 174 valence electrons. The molecule has 33 heavy (non-hydrogen) atoms. The summed E-state index contributed by atoms with van der Waals surface area (Å²) < 4.78 is 6.83. The Labute approximate surface area is 193 Å². The third kappa shape index (κ3) is 5.98. The summed E-state index contributed by atoms with van der Waals surface area (Å²) >= 11 is 0. The van der Waals surface area contributed by atoms with Gasteiger partial charge in [0.15, 0.2) is 5.69 Å². The Kier molecular flexibility index (Phi) is 7.48. The minimum atomic E-state index is -0.780. The molecule has 0 radical (unpaired) electrons. The molecule has 3 rings (SSSR count). The van der Waals surface area contributed by atoms with E-state index in [0.717, 1.165) is 23.7 Å². The quantitative estimate of drug-likeness (QED) is 0.481. The van der Waals surface area contributed by atoms with Crippen molar-refractivity contribution in [2.75, 3.05) is 0 Å². The van der Waals surface area contributed by atoms with Gasteiger partial charge in [-0.15, -0.1) is 0 Å². The molecule has 2 heterocycles. The van der Waals surface area contributed by atoms with Crippen LogP contribution >= 0.6 is 0 Å². The third-order valence-corrected chi connectivity index (χ3v) is 5.31. The lowest BCUT2D eigenvalue weighted by molar-refractivity contribution is -0.125. The van der Waals surface area contributed by atoms with Gasteiger partial charge in [-0.25, -0.2) is 0 Å². The van der Waals surface area contributed by atoms with Crippen LogP contribution in [0.15, 0.2) is 34.9 Å². The second kappa shape index (κ2) is 10.3. The second-order valence-corrected chi connectivity index (χ2v) is 9.12. The Morgan fingerprint density at radius 2 is 2.00 bits per heavy atom. The highest BCUT2D eigenvalue weighted by Gasteiger charge is 2.34. The molecule has 0 aliphatic rings. The van der Waals surface area contributed by atoms with Gasteiger partial charge < -0.3 is 15.2 Å². The number of benzene rings is 1. The number of nitrogens with zero attached hydrogens (tertiary/aromatic N) is 4. The molecule has 1 aromatic carbocycles. The largest absolute Gasteiger partial charge is 0.361 e. The van der Waals surface area contributed by atoms with E-state index < -0.39 is 17.4 Å². The van der Waals surface area contributed by atoms with Crippen LogP contribution in [0, 0.1) is 23.7 Å². The monoisotopic (exact) mass is 450 g/mol. The topological polar surface area (TPSA) is 126 Å². The van der Waals surface area contributed by atoms with Gasteiger partial charge in [0.2, 0.25) is 5.91 Å². The van der Waals surface area contributed by atoms with Crippen molar-refractivity contribution < 1.29 is 14.1 Å². The van der Waals surface area contributed by atoms with E-state index in [1.54, 1.807) is 17.7 Å². The molecule has 0 saturated carbocycles. The number of hydrogen-bond acceptors (Lipinski definition) is 6. The Morgan fingerprint density at radius 3 is 2.67 bits per heavy atom. The lowest BCUT2D eigenvalue weighted by atomic mass is 9.86. The number of nitrogens with one attached hydrogen (secondary N) is 2. The smallest absolute Gasteiger partial charge is 0.273 e. The van der Waals surface area contributed by atoms with Crippen molar-refractivity contribution in [1.82, 2.24) is 25.6 Å². The van der Waals surface area contributed by atoms with Gasteiger partial charge in [-0.05, 0) is 31.2 Å². The highest BCUT2D eigenvalue weighted by Crippen LogP contribution is 2.23. The van der Waals surface area contributed by atoms with Crippen LogP contribution < -0.4 is 10.6 Å². The molecule has 2 amide bonds. The fourth-order valence-corrected chi connectivity index (χ4v) is 3.59. The van der Waals surface area contributed by atoms with Gasteiger partial charge in [0.1, 0.15) is 17.5 Å². The molecular formula is C24H30N6O3. The first-order chi connectivity index (χ1) is 15.7. The van der Waals surface area contributed by atoms with Gasteiger partial charge in [0.05, 0.1) is 18.1 Å². The molecule has 0 bridgehead atoms. The predicted molar refractivity (Wildman–Crippen MR) is 123 cm³/mol. The summed E-state index contributed by atoms with van der Waals surface area (Å²) in [6.45, 7) is 8.27. The summed E-state index contributed by atoms with van der Waals surface area (Å²) in [5.74, 6) is -0.0545. The van der Waals surface area contributed by atoms with Gasteiger partial charge in [-0.3, -0.25) is 14.3 Å². The van der Waals surface area contributed by atoms with Crippen LogP contribution in [0.25, 0.3) is 10.9 Å². The number of fused-ring (bicyclic) bond motifs is 1. The van der Waals surface area contributed by atoms with Gasteiger partial charge in [-0.2, -0.15) is 10.4 Å². The Balaban J connectivity index is 1.77. The normalized spacial score (nSPS) is 12.3. The lowest BCUT2D eigenvalue weighted by Gasteiger charge is -2.30. The molecule has 0 saturated heterocycles. The Morgan fingerprint density at radius 1 is 1.24 bits per heavy atom. The standard InChI is InChI=1S/C24H30N6O3/c1-16-14-17(29-33-16)15-26-23(32)21(24(2,3)4)27-22(31)20-18-10-6-7-11-19(18)30(28-20)13-9-5-8-12-25/h6-7,10-11,14,21H,5,8-9,13,15H2,1-4H3,(H,26,32)(H,27,31)/t21-/m1/s1. The molecule has 9 nitrogen and oxygen atoms in total. The van der Waals surface area contributed by atoms with E-state index in [-0.39, 0.29) is 18.1 Å². The van der Waals surface area contributed by atoms with Crippen molar-refractivity contribution in [2.45, 2.75) is 66.1 Å². The zero-order valence-corrected chi connectivity index (χ0v) is 19.5. The maximum absolute atomic E-state index is 13.3. The molecule has 0 spiro atoms. The number of aryl methyl sites for hydroxylation is 2. The summed E-state index contributed by atoms with van der Waals surface area (Å²) in [5, 5.41) is 23.6. The highest BCUT2D eigenvalue weighted by molar-refractivity contribution is 6.06. The number of nitriles is 1. The zero-order chi connectivity index (χ0) is 24.0. The first-order valence-electron chi connectivity index (χ1n) is 11.0. The fourth-order valence-electron chi connectivity index (χ4n) is 3.59. The molecule has 2 aromatic heterocycles. The van der Waals surface area contributed by atoms with E-state index >= 15 is 0 Å². The summed E-state index contributed by atoms with van der Waals surface area (Å²) in [4.78, 5) is 26.2. The number of carbonyl (C=O) groups is 2. The van der Waals surface area contributed by atoms with Crippen LogP contribution in [0.5, 0.6) is 0 Å². The van der Waals surface area contributed by atoms with Crippen molar-refractivity contribution in [3.05, 3.63) is 47.5 Å². The van der Waals surface area contributed by atoms with Gasteiger partial charge in [-0.1, -0.05) is 44.1 Å². The molecule has 0 aliphatic heterocycles. The van der Waals surface area contributed by atoms with E-state index in [4.69, 9.17) is 9.78 Å². The minimum Gasteiger partial charge on any atom is -0.361 e. The zero-order valence-electron chi connectivity index (χ0n) is 19.5. The van der Waals surface area contributed by atoms with Crippen LogP contribution in [-0.2, 0) is 17.9 Å². The Bertz CT molecular complexity index is 1170. The lowest BCUT2D eigenvalue weighted by Crippen LogP contribution is -2.53. The minimum absolute atomic E-state index is 0.207. The van der Waals surface area contributed by atoms with E-state index in [1.165, 1.54) is 0 Å². The first kappa shape index (κ1) is 24.0. The summed E-state index contributed by atoms with van der Waals surface area (Å²) in [7, 11) is 0. The number of rotatable bonds is 9. The average Bonchev–Trinajstić information content (AvgIpc) is 3.36. The number of carbonyl (C=O) groups excluding carboxylic acids is 2. The van der Waals surface area contributed by atoms with Crippen molar-refractivity contribution in [3.63, 3.8) is 0 Å². The van der Waals surface area contributed by atoms with Crippen LogP contribution in [0.4, 0.5) is 0 Å².